The number of carboxylic acid groups (broad SMARTS) is 1. The van der Waals surface area contributed by atoms with Crippen LogP contribution in [0.3, 0.4) is 0 Å². The third kappa shape index (κ3) is 8.24. The van der Waals surface area contributed by atoms with Crippen molar-refractivity contribution >= 4 is 23.8 Å². The van der Waals surface area contributed by atoms with Crippen LogP contribution < -0.4 is 11.1 Å². The first kappa shape index (κ1) is 24.7. The summed E-state index contributed by atoms with van der Waals surface area (Å²) in [5.41, 5.74) is 5.44. The Kier molecular flexibility index (Phi) is 9.84. The molecule has 8 heteroatoms. The zero-order chi connectivity index (χ0) is 22.7. The number of alkyl carbamates (subject to hydrolysis) is 1. The predicted molar refractivity (Wildman–Crippen MR) is 121 cm³/mol. The van der Waals surface area contributed by atoms with Gasteiger partial charge in [-0.15, -0.1) is 0 Å². The van der Waals surface area contributed by atoms with Crippen molar-refractivity contribution < 1.29 is 24.5 Å². The summed E-state index contributed by atoms with van der Waals surface area (Å²) < 4.78 is 5.21. The summed E-state index contributed by atoms with van der Waals surface area (Å²) in [7, 11) is 0. The predicted octanol–water partition coefficient (Wildman–Crippen LogP) is 3.32. The molecule has 0 radical (unpaired) electrons. The SMILES string of the molecule is CSCC[C@H](N)C(=O)O.O=C(NC(O)(c1ccccc1)C1CC1)OCc1ccccc1. The molecule has 0 spiro atoms. The fourth-order valence-corrected chi connectivity index (χ4v) is 3.38. The van der Waals surface area contributed by atoms with Gasteiger partial charge in [0, 0.05) is 11.5 Å². The van der Waals surface area contributed by atoms with E-state index in [4.69, 9.17) is 15.6 Å². The van der Waals surface area contributed by atoms with Crippen molar-refractivity contribution in [2.75, 3.05) is 12.0 Å². The monoisotopic (exact) mass is 446 g/mol. The van der Waals surface area contributed by atoms with Crippen molar-refractivity contribution in [2.45, 2.75) is 37.6 Å². The summed E-state index contributed by atoms with van der Waals surface area (Å²) in [5, 5.41) is 21.8. The van der Waals surface area contributed by atoms with Crippen molar-refractivity contribution in [3.05, 3.63) is 71.8 Å². The molecule has 2 aromatic carbocycles. The van der Waals surface area contributed by atoms with E-state index in [2.05, 4.69) is 5.32 Å². The number of aliphatic hydroxyl groups is 1. The Labute approximate surface area is 187 Å². The lowest BCUT2D eigenvalue weighted by Crippen LogP contribution is -2.47. The van der Waals surface area contributed by atoms with Gasteiger partial charge >= 0.3 is 12.1 Å². The average Bonchev–Trinajstić information content (AvgIpc) is 3.64. The summed E-state index contributed by atoms with van der Waals surface area (Å²) in [4.78, 5) is 22.1. The van der Waals surface area contributed by atoms with Crippen LogP contribution in [0.1, 0.15) is 30.4 Å². The Morgan fingerprint density at radius 3 is 2.26 bits per heavy atom. The van der Waals surface area contributed by atoms with Crippen LogP contribution in [0, 0.1) is 5.92 Å². The van der Waals surface area contributed by atoms with E-state index in [1.807, 2.05) is 66.9 Å². The molecule has 1 amide bonds. The zero-order valence-corrected chi connectivity index (χ0v) is 18.4. The van der Waals surface area contributed by atoms with Crippen molar-refractivity contribution in [1.82, 2.24) is 5.32 Å². The molecular weight excluding hydrogens is 416 g/mol. The van der Waals surface area contributed by atoms with Crippen molar-refractivity contribution in [3.63, 3.8) is 0 Å². The second kappa shape index (κ2) is 12.3. The van der Waals surface area contributed by atoms with Gasteiger partial charge in [0.2, 0.25) is 0 Å². The summed E-state index contributed by atoms with van der Waals surface area (Å²) in [6.45, 7) is 0.183. The number of hydrogen-bond acceptors (Lipinski definition) is 6. The molecule has 0 saturated heterocycles. The quantitative estimate of drug-likeness (QED) is 0.436. The van der Waals surface area contributed by atoms with Gasteiger partial charge in [-0.1, -0.05) is 60.7 Å². The smallest absolute Gasteiger partial charge is 0.409 e. The van der Waals surface area contributed by atoms with Crippen LogP contribution in [-0.2, 0) is 21.9 Å². The zero-order valence-electron chi connectivity index (χ0n) is 17.6. The van der Waals surface area contributed by atoms with E-state index in [1.165, 1.54) is 0 Å². The first-order valence-corrected chi connectivity index (χ1v) is 11.5. The van der Waals surface area contributed by atoms with Gasteiger partial charge in [0.1, 0.15) is 12.6 Å². The van der Waals surface area contributed by atoms with E-state index in [1.54, 1.807) is 11.8 Å². The van der Waals surface area contributed by atoms with Crippen LogP contribution in [0.2, 0.25) is 0 Å². The minimum Gasteiger partial charge on any atom is -0.480 e. The van der Waals surface area contributed by atoms with Gasteiger partial charge in [0.15, 0.2) is 5.72 Å². The van der Waals surface area contributed by atoms with Gasteiger partial charge in [-0.3, -0.25) is 10.1 Å². The minimum absolute atomic E-state index is 0.0409. The van der Waals surface area contributed by atoms with Crippen LogP contribution in [-0.4, -0.2) is 40.3 Å². The molecule has 31 heavy (non-hydrogen) atoms. The van der Waals surface area contributed by atoms with E-state index in [9.17, 15) is 14.7 Å². The Morgan fingerprint density at radius 1 is 1.16 bits per heavy atom. The Hall–Kier alpha value is -2.55. The average molecular weight is 447 g/mol. The molecule has 168 valence electrons. The number of carboxylic acids is 1. The number of hydrogen-bond donors (Lipinski definition) is 4. The number of nitrogens with one attached hydrogen (secondary N) is 1. The van der Waals surface area contributed by atoms with Gasteiger partial charge in [-0.25, -0.2) is 4.79 Å². The largest absolute Gasteiger partial charge is 0.480 e. The van der Waals surface area contributed by atoms with Crippen molar-refractivity contribution in [1.29, 1.82) is 0 Å². The summed E-state index contributed by atoms with van der Waals surface area (Å²) in [6.07, 6.45) is 3.65. The maximum Gasteiger partial charge on any atom is 0.409 e. The molecule has 0 aromatic heterocycles. The molecule has 0 bridgehead atoms. The normalized spacial score (nSPS) is 15.6. The molecule has 5 N–H and O–H groups in total. The van der Waals surface area contributed by atoms with Gasteiger partial charge in [-0.05, 0) is 36.8 Å². The molecule has 0 aliphatic heterocycles. The molecule has 2 aromatic rings. The maximum absolute atomic E-state index is 12.0. The fourth-order valence-electron chi connectivity index (χ4n) is 2.89. The topological polar surface area (TPSA) is 122 Å². The molecule has 3 rings (SSSR count). The number of amides is 1. The van der Waals surface area contributed by atoms with Crippen LogP contribution in [0.5, 0.6) is 0 Å². The van der Waals surface area contributed by atoms with E-state index in [-0.39, 0.29) is 12.5 Å². The fraction of sp³-hybridized carbons (Fsp3) is 0.391. The Morgan fingerprint density at radius 2 is 1.74 bits per heavy atom. The summed E-state index contributed by atoms with van der Waals surface area (Å²) in [5.74, 6) is -0.0591. The van der Waals surface area contributed by atoms with E-state index < -0.39 is 23.8 Å². The van der Waals surface area contributed by atoms with Crippen molar-refractivity contribution in [3.8, 4) is 0 Å². The van der Waals surface area contributed by atoms with Crippen LogP contribution >= 0.6 is 11.8 Å². The standard InChI is InChI=1S/C18H19NO3.C5H11NO2S/c20-17(22-13-14-7-3-1-4-8-14)19-18(21,16-11-12-16)15-9-5-2-6-10-15;1-9-3-2-4(6)5(7)8/h1-10,16,21H,11-13H2,(H,19,20);4H,2-3,6H2,1H3,(H,7,8)/t;4-/m.0/s1. The number of benzene rings is 2. The van der Waals surface area contributed by atoms with Crippen LogP contribution in [0.4, 0.5) is 4.79 Å². The number of carbonyl (C=O) groups excluding carboxylic acids is 1. The van der Waals surface area contributed by atoms with Gasteiger partial charge < -0.3 is 20.7 Å². The summed E-state index contributed by atoms with van der Waals surface area (Å²) >= 11 is 1.60. The highest BCUT2D eigenvalue weighted by molar-refractivity contribution is 7.98. The number of carbonyl (C=O) groups is 2. The first-order valence-electron chi connectivity index (χ1n) is 10.1. The Balaban J connectivity index is 0.000000323. The maximum atomic E-state index is 12.0. The van der Waals surface area contributed by atoms with Crippen LogP contribution in [0.25, 0.3) is 0 Å². The third-order valence-corrected chi connectivity index (χ3v) is 5.48. The lowest BCUT2D eigenvalue weighted by molar-refractivity contribution is -0.138. The molecule has 1 unspecified atom stereocenters. The molecule has 2 atom stereocenters. The molecule has 1 fully saturated rings. The molecule has 7 nitrogen and oxygen atoms in total. The van der Waals surface area contributed by atoms with Crippen LogP contribution in [0.15, 0.2) is 60.7 Å². The highest BCUT2D eigenvalue weighted by atomic mass is 32.2. The number of thioether (sulfide) groups is 1. The van der Waals surface area contributed by atoms with Gasteiger partial charge in [-0.2, -0.15) is 11.8 Å². The molecule has 1 aliphatic carbocycles. The highest BCUT2D eigenvalue weighted by Crippen LogP contribution is 2.44. The van der Waals surface area contributed by atoms with Crippen molar-refractivity contribution in [2.24, 2.45) is 11.7 Å². The lowest BCUT2D eigenvalue weighted by atomic mass is 9.98. The highest BCUT2D eigenvalue weighted by Gasteiger charge is 2.46. The number of nitrogens with two attached hydrogens (primary N) is 1. The second-order valence-corrected chi connectivity index (χ2v) is 8.31. The number of aliphatic carboxylic acids is 1. The number of ether oxygens (including phenoxy) is 1. The third-order valence-electron chi connectivity index (χ3n) is 4.84. The molecule has 1 saturated carbocycles. The second-order valence-electron chi connectivity index (χ2n) is 7.32. The van der Waals surface area contributed by atoms with E-state index in [0.29, 0.717) is 12.0 Å². The minimum atomic E-state index is -1.35. The first-order chi connectivity index (χ1) is 14.9. The molecule has 1 aliphatic rings. The molecule has 0 heterocycles. The number of rotatable bonds is 9. The van der Waals surface area contributed by atoms with Gasteiger partial charge in [0.25, 0.3) is 0 Å². The Bertz CT molecular complexity index is 817. The van der Waals surface area contributed by atoms with Gasteiger partial charge in [0.05, 0.1) is 0 Å². The van der Waals surface area contributed by atoms with E-state index in [0.717, 1.165) is 24.2 Å². The summed E-state index contributed by atoms with van der Waals surface area (Å²) in [6, 6.07) is 18.0. The lowest BCUT2D eigenvalue weighted by Gasteiger charge is -2.29. The van der Waals surface area contributed by atoms with E-state index >= 15 is 0 Å². The molecular formula is C23H30N2O5S.